The van der Waals surface area contributed by atoms with E-state index in [1.807, 2.05) is 42.5 Å². The van der Waals surface area contributed by atoms with Crippen molar-refractivity contribution >= 4 is 26.0 Å². The van der Waals surface area contributed by atoms with Gasteiger partial charge in [-0.05, 0) is 56.5 Å². The monoisotopic (exact) mass is 467 g/mol. The number of nitriles is 1. The second-order valence-corrected chi connectivity index (χ2v) is 11.6. The minimum Gasteiger partial charge on any atom is -0.308 e. The lowest BCUT2D eigenvalue weighted by molar-refractivity contribution is 0.193. The molecule has 0 saturated heterocycles. The van der Waals surface area contributed by atoms with Crippen LogP contribution in [-0.4, -0.2) is 31.8 Å². The van der Waals surface area contributed by atoms with Gasteiger partial charge >= 0.3 is 15.2 Å². The molecule has 0 saturated carbocycles. The summed E-state index contributed by atoms with van der Waals surface area (Å²) in [6, 6.07) is 15.8. The van der Waals surface area contributed by atoms with Crippen LogP contribution in [0.3, 0.4) is 0 Å². The van der Waals surface area contributed by atoms with Crippen molar-refractivity contribution in [1.82, 2.24) is 0 Å². The average molecular weight is 467 g/mol. The highest BCUT2D eigenvalue weighted by Crippen LogP contribution is 2.72. The molecule has 170 valence electrons. The van der Waals surface area contributed by atoms with Gasteiger partial charge in [-0.2, -0.15) is 5.26 Å². The van der Waals surface area contributed by atoms with Crippen LogP contribution in [0.25, 0.3) is 10.8 Å². The second kappa shape index (κ2) is 11.9. The van der Waals surface area contributed by atoms with E-state index in [2.05, 4.69) is 6.07 Å². The first-order valence-electron chi connectivity index (χ1n) is 10.5. The smallest absolute Gasteiger partial charge is 0.308 e. The molecule has 0 fully saturated rings. The number of nitrogens with zero attached hydrogens (tertiary/aromatic N) is 1. The molecule has 0 aliphatic carbocycles. The molecule has 1 unspecified atom stereocenters. The highest BCUT2D eigenvalue weighted by Gasteiger charge is 2.51. The SMILES string of the molecule is CCOP(=O)(OCC)C(CC(C#N)c1ccc2ccccc2c1)P(=O)(OCC)OCC. The molecule has 0 aliphatic heterocycles. The Bertz CT molecular complexity index is 939. The lowest BCUT2D eigenvalue weighted by Gasteiger charge is -2.32. The van der Waals surface area contributed by atoms with Crippen molar-refractivity contribution in [2.45, 2.75) is 45.4 Å². The van der Waals surface area contributed by atoms with E-state index in [1.54, 1.807) is 27.7 Å². The van der Waals surface area contributed by atoms with Crippen LogP contribution in [0.15, 0.2) is 42.5 Å². The Morgan fingerprint density at radius 1 is 0.806 bits per heavy atom. The zero-order valence-corrected chi connectivity index (χ0v) is 20.3. The molecule has 0 N–H and O–H groups in total. The molecular formula is C22H31NO6P2. The molecular weight excluding hydrogens is 436 g/mol. The van der Waals surface area contributed by atoms with E-state index in [1.165, 1.54) is 0 Å². The molecule has 31 heavy (non-hydrogen) atoms. The summed E-state index contributed by atoms with van der Waals surface area (Å²) in [7, 11) is -7.82. The van der Waals surface area contributed by atoms with Crippen LogP contribution in [0.1, 0.15) is 45.6 Å². The fraction of sp³-hybridized carbons (Fsp3) is 0.500. The predicted octanol–water partition coefficient (Wildman–Crippen LogP) is 6.70. The van der Waals surface area contributed by atoms with Crippen molar-refractivity contribution in [2.24, 2.45) is 0 Å². The standard InChI is InChI=1S/C22H31NO6P2/c1-5-26-30(24,27-6-2)22(31(25,28-7-3)29-8-4)16-21(17-23)20-14-13-18-11-9-10-12-19(18)15-20/h9-15,21-22H,5-8,16H2,1-4H3. The summed E-state index contributed by atoms with van der Waals surface area (Å²) in [5.74, 6) is -0.710. The van der Waals surface area contributed by atoms with Crippen molar-refractivity contribution in [3.8, 4) is 6.07 Å². The third kappa shape index (κ3) is 6.26. The van der Waals surface area contributed by atoms with Gasteiger partial charge in [-0.25, -0.2) is 0 Å². The Morgan fingerprint density at radius 3 is 1.74 bits per heavy atom. The van der Waals surface area contributed by atoms with E-state index < -0.39 is 26.5 Å². The maximum atomic E-state index is 13.7. The van der Waals surface area contributed by atoms with E-state index in [0.29, 0.717) is 0 Å². The third-order valence-corrected chi connectivity index (χ3v) is 10.8. The van der Waals surface area contributed by atoms with Gasteiger partial charge in [0.05, 0.1) is 38.4 Å². The lowest BCUT2D eigenvalue weighted by atomic mass is 9.95. The Labute approximate surface area is 184 Å². The molecule has 0 aliphatic rings. The predicted molar refractivity (Wildman–Crippen MR) is 122 cm³/mol. The third-order valence-electron chi connectivity index (χ3n) is 4.74. The molecule has 0 amide bonds. The van der Waals surface area contributed by atoms with E-state index >= 15 is 0 Å². The van der Waals surface area contributed by atoms with Crippen LogP contribution in [0, 0.1) is 11.3 Å². The maximum Gasteiger partial charge on any atom is 0.345 e. The van der Waals surface area contributed by atoms with Crippen LogP contribution < -0.4 is 0 Å². The molecule has 7 nitrogen and oxygen atoms in total. The molecule has 0 bridgehead atoms. The first kappa shape index (κ1) is 25.7. The summed E-state index contributed by atoms with van der Waals surface area (Å²) in [5.41, 5.74) is 0.727. The molecule has 0 spiro atoms. The van der Waals surface area contributed by atoms with Crippen molar-refractivity contribution in [3.05, 3.63) is 48.0 Å². The molecule has 0 heterocycles. The van der Waals surface area contributed by atoms with Crippen molar-refractivity contribution in [3.63, 3.8) is 0 Å². The first-order valence-corrected chi connectivity index (χ1v) is 13.8. The minimum absolute atomic E-state index is 0.0522. The van der Waals surface area contributed by atoms with Crippen molar-refractivity contribution < 1.29 is 27.2 Å². The maximum absolute atomic E-state index is 13.7. The summed E-state index contributed by atoms with van der Waals surface area (Å²) >= 11 is 0. The number of hydrogen-bond acceptors (Lipinski definition) is 7. The van der Waals surface area contributed by atoms with Gasteiger partial charge in [-0.3, -0.25) is 9.13 Å². The number of fused-ring (bicyclic) bond motifs is 1. The van der Waals surface area contributed by atoms with Crippen LogP contribution in [-0.2, 0) is 27.2 Å². The first-order chi connectivity index (χ1) is 14.9. The minimum atomic E-state index is -3.91. The number of rotatable bonds is 13. The van der Waals surface area contributed by atoms with Gasteiger partial charge in [-0.1, -0.05) is 36.4 Å². The molecule has 2 aromatic carbocycles. The summed E-state index contributed by atoms with van der Waals surface area (Å²) in [6.07, 6.45) is -0.0522. The van der Waals surface area contributed by atoms with Crippen LogP contribution in [0.5, 0.6) is 0 Å². The Balaban J connectivity index is 2.53. The summed E-state index contributed by atoms with van der Waals surface area (Å²) < 4.78 is 49.5. The van der Waals surface area contributed by atoms with E-state index in [0.717, 1.165) is 16.3 Å². The zero-order valence-electron chi connectivity index (χ0n) is 18.5. The molecule has 2 aromatic rings. The molecule has 2 rings (SSSR count). The van der Waals surface area contributed by atoms with Crippen LogP contribution >= 0.6 is 15.2 Å². The average Bonchev–Trinajstić information content (AvgIpc) is 2.74. The Hall–Kier alpha value is -1.51. The normalized spacial score (nSPS) is 13.4. The van der Waals surface area contributed by atoms with E-state index in [-0.39, 0.29) is 32.8 Å². The van der Waals surface area contributed by atoms with Crippen LogP contribution in [0.4, 0.5) is 0 Å². The fourth-order valence-corrected chi connectivity index (χ4v) is 8.87. The Morgan fingerprint density at radius 2 is 1.29 bits per heavy atom. The lowest BCUT2D eigenvalue weighted by Crippen LogP contribution is -2.20. The quantitative estimate of drug-likeness (QED) is 0.303. The topological polar surface area (TPSA) is 94.9 Å². The number of benzene rings is 2. The highest BCUT2D eigenvalue weighted by atomic mass is 31.2. The summed E-state index contributed by atoms with van der Waals surface area (Å²) in [5, 5.41) is 10.8. The molecule has 0 radical (unpaired) electrons. The van der Waals surface area contributed by atoms with Gasteiger partial charge < -0.3 is 18.1 Å². The molecule has 9 heteroatoms. The second-order valence-electron chi connectivity index (χ2n) is 6.76. The van der Waals surface area contributed by atoms with E-state index in [9.17, 15) is 14.4 Å². The van der Waals surface area contributed by atoms with Crippen molar-refractivity contribution in [1.29, 1.82) is 5.26 Å². The van der Waals surface area contributed by atoms with Gasteiger partial charge in [-0.15, -0.1) is 0 Å². The molecule has 0 aromatic heterocycles. The van der Waals surface area contributed by atoms with Gasteiger partial charge in [0.25, 0.3) is 0 Å². The fourth-order valence-electron chi connectivity index (χ4n) is 3.47. The number of hydrogen-bond donors (Lipinski definition) is 0. The molecule has 1 atom stereocenters. The Kier molecular flexibility index (Phi) is 9.90. The van der Waals surface area contributed by atoms with Gasteiger partial charge in [0.1, 0.15) is 0 Å². The zero-order chi connectivity index (χ0) is 22.9. The van der Waals surface area contributed by atoms with E-state index in [4.69, 9.17) is 18.1 Å². The largest absolute Gasteiger partial charge is 0.345 e. The van der Waals surface area contributed by atoms with Gasteiger partial charge in [0.15, 0.2) is 5.40 Å². The van der Waals surface area contributed by atoms with Gasteiger partial charge in [0.2, 0.25) is 0 Å². The summed E-state index contributed by atoms with van der Waals surface area (Å²) in [4.78, 5) is 0. The summed E-state index contributed by atoms with van der Waals surface area (Å²) in [6.45, 7) is 7.11. The van der Waals surface area contributed by atoms with Crippen molar-refractivity contribution in [2.75, 3.05) is 26.4 Å². The van der Waals surface area contributed by atoms with Gasteiger partial charge in [0, 0.05) is 0 Å². The highest BCUT2D eigenvalue weighted by molar-refractivity contribution is 7.72. The van der Waals surface area contributed by atoms with Crippen LogP contribution in [0.2, 0.25) is 0 Å².